The fourth-order valence-corrected chi connectivity index (χ4v) is 4.60. The molecule has 3 rings (SSSR count). The molecule has 0 radical (unpaired) electrons. The monoisotopic (exact) mass is 435 g/mol. The number of nitrogens with zero attached hydrogens (tertiary/aromatic N) is 3. The molecule has 2 N–H and O–H groups in total. The SMILES string of the molecule is CCNC(=NCc1sc(C)nc1C)NCC(c1ccccc1Cl)N1CCOCC1. The van der Waals surface area contributed by atoms with Crippen LogP contribution in [0.15, 0.2) is 29.3 Å². The number of thiazole rings is 1. The largest absolute Gasteiger partial charge is 0.379 e. The molecule has 0 spiro atoms. The van der Waals surface area contributed by atoms with Crippen LogP contribution >= 0.6 is 22.9 Å². The van der Waals surface area contributed by atoms with Crippen molar-refractivity contribution < 1.29 is 4.74 Å². The molecular formula is C21H30ClN5OS. The molecule has 6 nitrogen and oxygen atoms in total. The van der Waals surface area contributed by atoms with Crippen molar-refractivity contribution in [3.8, 4) is 0 Å². The summed E-state index contributed by atoms with van der Waals surface area (Å²) in [4.78, 5) is 12.9. The quantitative estimate of drug-likeness (QED) is 0.514. The molecule has 0 amide bonds. The zero-order valence-corrected chi connectivity index (χ0v) is 18.9. The standard InChI is InChI=1S/C21H30ClN5OS/c1-4-23-21(25-14-20-15(2)26-16(3)29-20)24-13-19(27-9-11-28-12-10-27)17-7-5-6-8-18(17)22/h5-8,19H,4,9-14H2,1-3H3,(H2,23,24,25). The van der Waals surface area contributed by atoms with E-state index in [0.717, 1.165) is 66.6 Å². The van der Waals surface area contributed by atoms with Gasteiger partial charge < -0.3 is 15.4 Å². The minimum Gasteiger partial charge on any atom is -0.379 e. The number of hydrogen-bond donors (Lipinski definition) is 2. The van der Waals surface area contributed by atoms with E-state index in [1.807, 2.05) is 32.0 Å². The maximum atomic E-state index is 6.54. The molecule has 8 heteroatoms. The average Bonchev–Trinajstić information content (AvgIpc) is 3.05. The number of aryl methyl sites for hydroxylation is 2. The molecular weight excluding hydrogens is 406 g/mol. The Bertz CT molecular complexity index is 819. The Morgan fingerprint density at radius 3 is 2.69 bits per heavy atom. The predicted molar refractivity (Wildman–Crippen MR) is 121 cm³/mol. The van der Waals surface area contributed by atoms with Crippen molar-refractivity contribution in [3.63, 3.8) is 0 Å². The second-order valence-electron chi connectivity index (χ2n) is 7.00. The summed E-state index contributed by atoms with van der Waals surface area (Å²) >= 11 is 8.25. The first-order valence-electron chi connectivity index (χ1n) is 10.1. The predicted octanol–water partition coefficient (Wildman–Crippen LogP) is 3.54. The molecule has 1 aliphatic heterocycles. The summed E-state index contributed by atoms with van der Waals surface area (Å²) in [5.41, 5.74) is 2.20. The molecule has 0 saturated carbocycles. The van der Waals surface area contributed by atoms with Crippen LogP contribution in [0.1, 0.15) is 34.1 Å². The number of guanidine groups is 1. The van der Waals surface area contributed by atoms with Crippen molar-refractivity contribution in [1.29, 1.82) is 0 Å². The zero-order valence-electron chi connectivity index (χ0n) is 17.4. The molecule has 158 valence electrons. The van der Waals surface area contributed by atoms with E-state index < -0.39 is 0 Å². The molecule has 2 heterocycles. The topological polar surface area (TPSA) is 61.8 Å². The summed E-state index contributed by atoms with van der Waals surface area (Å²) in [6, 6.07) is 8.24. The van der Waals surface area contributed by atoms with Crippen LogP contribution in [0.2, 0.25) is 5.02 Å². The number of aromatic nitrogens is 1. The number of hydrogen-bond acceptors (Lipinski definition) is 5. The highest BCUT2D eigenvalue weighted by atomic mass is 35.5. The lowest BCUT2D eigenvalue weighted by Gasteiger charge is -2.35. The van der Waals surface area contributed by atoms with Gasteiger partial charge in [0.2, 0.25) is 0 Å². The first kappa shape index (κ1) is 22.0. The van der Waals surface area contributed by atoms with Gasteiger partial charge in [0.05, 0.1) is 36.5 Å². The Balaban J connectivity index is 1.73. The van der Waals surface area contributed by atoms with Crippen LogP contribution in [0.25, 0.3) is 0 Å². The van der Waals surface area contributed by atoms with Gasteiger partial charge in [-0.15, -0.1) is 11.3 Å². The van der Waals surface area contributed by atoms with Gasteiger partial charge in [-0.2, -0.15) is 0 Å². The second kappa shape index (κ2) is 10.9. The Morgan fingerprint density at radius 2 is 2.03 bits per heavy atom. The summed E-state index contributed by atoms with van der Waals surface area (Å²) < 4.78 is 5.54. The maximum Gasteiger partial charge on any atom is 0.191 e. The number of aliphatic imine (C=N–C) groups is 1. The number of halogens is 1. The summed E-state index contributed by atoms with van der Waals surface area (Å²) in [6.45, 7) is 11.6. The number of nitrogens with one attached hydrogen (secondary N) is 2. The van der Waals surface area contributed by atoms with Crippen molar-refractivity contribution >= 4 is 28.9 Å². The lowest BCUT2D eigenvalue weighted by Crippen LogP contribution is -2.46. The van der Waals surface area contributed by atoms with Crippen LogP contribution in [-0.4, -0.2) is 55.2 Å². The van der Waals surface area contributed by atoms with E-state index in [4.69, 9.17) is 21.3 Å². The highest BCUT2D eigenvalue weighted by Gasteiger charge is 2.24. The van der Waals surface area contributed by atoms with Gasteiger partial charge in [-0.3, -0.25) is 4.90 Å². The van der Waals surface area contributed by atoms with E-state index in [9.17, 15) is 0 Å². The van der Waals surface area contributed by atoms with E-state index >= 15 is 0 Å². The lowest BCUT2D eigenvalue weighted by atomic mass is 10.0. The average molecular weight is 436 g/mol. The van der Waals surface area contributed by atoms with E-state index in [-0.39, 0.29) is 6.04 Å². The number of morpholine rings is 1. The van der Waals surface area contributed by atoms with Crippen molar-refractivity contribution in [2.75, 3.05) is 39.4 Å². The van der Waals surface area contributed by atoms with E-state index in [1.54, 1.807) is 11.3 Å². The van der Waals surface area contributed by atoms with Gasteiger partial charge in [0, 0.05) is 36.1 Å². The number of ether oxygens (including phenoxy) is 1. The highest BCUT2D eigenvalue weighted by Crippen LogP contribution is 2.27. The van der Waals surface area contributed by atoms with Crippen molar-refractivity contribution in [1.82, 2.24) is 20.5 Å². The van der Waals surface area contributed by atoms with Gasteiger partial charge in [0.25, 0.3) is 0 Å². The van der Waals surface area contributed by atoms with Crippen molar-refractivity contribution in [3.05, 3.63) is 50.4 Å². The molecule has 1 aliphatic rings. The minimum atomic E-state index is 0.156. The van der Waals surface area contributed by atoms with Gasteiger partial charge in [0.15, 0.2) is 5.96 Å². The third kappa shape index (κ3) is 6.15. The normalized spacial score (nSPS) is 16.6. The van der Waals surface area contributed by atoms with Gasteiger partial charge in [-0.05, 0) is 32.4 Å². The Morgan fingerprint density at radius 1 is 1.28 bits per heavy atom. The summed E-state index contributed by atoms with van der Waals surface area (Å²) in [5.74, 6) is 0.809. The van der Waals surface area contributed by atoms with Crippen LogP contribution in [-0.2, 0) is 11.3 Å². The number of benzene rings is 1. The smallest absolute Gasteiger partial charge is 0.191 e. The van der Waals surface area contributed by atoms with Crippen LogP contribution in [0.4, 0.5) is 0 Å². The molecule has 1 atom stereocenters. The Hall–Kier alpha value is -1.67. The van der Waals surface area contributed by atoms with Crippen LogP contribution in [0, 0.1) is 13.8 Å². The number of rotatable bonds is 7. The lowest BCUT2D eigenvalue weighted by molar-refractivity contribution is 0.0170. The first-order valence-corrected chi connectivity index (χ1v) is 11.3. The van der Waals surface area contributed by atoms with Gasteiger partial charge in [-0.25, -0.2) is 9.98 Å². The molecule has 0 bridgehead atoms. The highest BCUT2D eigenvalue weighted by molar-refractivity contribution is 7.11. The second-order valence-corrected chi connectivity index (χ2v) is 8.70. The molecule has 29 heavy (non-hydrogen) atoms. The van der Waals surface area contributed by atoms with Crippen LogP contribution in [0.5, 0.6) is 0 Å². The minimum absolute atomic E-state index is 0.156. The third-order valence-electron chi connectivity index (χ3n) is 4.94. The first-order chi connectivity index (χ1) is 14.1. The van der Waals surface area contributed by atoms with Crippen molar-refractivity contribution in [2.45, 2.75) is 33.4 Å². The zero-order chi connectivity index (χ0) is 20.6. The molecule has 1 saturated heterocycles. The van der Waals surface area contributed by atoms with Crippen LogP contribution in [0.3, 0.4) is 0 Å². The molecule has 2 aromatic rings. The molecule has 0 aliphatic carbocycles. The van der Waals surface area contributed by atoms with Gasteiger partial charge in [0.1, 0.15) is 0 Å². The summed E-state index contributed by atoms with van der Waals surface area (Å²) in [7, 11) is 0. The fraction of sp³-hybridized carbons (Fsp3) is 0.524. The van der Waals surface area contributed by atoms with Gasteiger partial charge in [-0.1, -0.05) is 29.8 Å². The fourth-order valence-electron chi connectivity index (χ4n) is 3.48. The Kier molecular flexibility index (Phi) is 8.29. The summed E-state index contributed by atoms with van der Waals surface area (Å²) in [5, 5.41) is 8.75. The Labute approximate surface area is 182 Å². The van der Waals surface area contributed by atoms with E-state index in [2.05, 4.69) is 33.5 Å². The maximum absolute atomic E-state index is 6.54. The van der Waals surface area contributed by atoms with Gasteiger partial charge >= 0.3 is 0 Å². The van der Waals surface area contributed by atoms with E-state index in [1.165, 1.54) is 4.88 Å². The van der Waals surface area contributed by atoms with Crippen molar-refractivity contribution in [2.24, 2.45) is 4.99 Å². The third-order valence-corrected chi connectivity index (χ3v) is 6.34. The molecule has 1 unspecified atom stereocenters. The molecule has 1 aromatic heterocycles. The molecule has 1 aromatic carbocycles. The van der Waals surface area contributed by atoms with E-state index in [0.29, 0.717) is 6.54 Å². The summed E-state index contributed by atoms with van der Waals surface area (Å²) in [6.07, 6.45) is 0. The van der Waals surface area contributed by atoms with Crippen LogP contribution < -0.4 is 10.6 Å². The molecule has 1 fully saturated rings.